The molecule has 0 atom stereocenters. The van der Waals surface area contributed by atoms with Gasteiger partial charge in [0, 0.05) is 6.92 Å². The third-order valence-corrected chi connectivity index (χ3v) is 2.78. The van der Waals surface area contributed by atoms with Crippen molar-refractivity contribution in [1.82, 2.24) is 0 Å². The van der Waals surface area contributed by atoms with E-state index in [0.717, 1.165) is 6.42 Å². The molecule has 1 aromatic carbocycles. The van der Waals surface area contributed by atoms with Crippen molar-refractivity contribution < 1.29 is 9.53 Å². The summed E-state index contributed by atoms with van der Waals surface area (Å²) in [5.74, 6) is 0.329. The molecule has 0 aromatic heterocycles. The predicted octanol–water partition coefficient (Wildman–Crippen LogP) is 3.30. The van der Waals surface area contributed by atoms with Gasteiger partial charge in [-0.1, -0.05) is 32.9 Å². The Morgan fingerprint density at radius 3 is 2.20 bits per heavy atom. The van der Waals surface area contributed by atoms with Crippen molar-refractivity contribution in [2.45, 2.75) is 39.5 Å². The monoisotopic (exact) mass is 206 g/mol. The van der Waals surface area contributed by atoms with Gasteiger partial charge >= 0.3 is 5.97 Å². The number of ether oxygens (including phenoxy) is 1. The highest BCUT2D eigenvalue weighted by molar-refractivity contribution is 5.69. The molecule has 0 saturated heterocycles. The molecule has 0 amide bonds. The summed E-state index contributed by atoms with van der Waals surface area (Å²) < 4.78 is 4.98. The Morgan fingerprint density at radius 2 is 1.80 bits per heavy atom. The van der Waals surface area contributed by atoms with Crippen LogP contribution in [0.2, 0.25) is 0 Å². The maximum absolute atomic E-state index is 10.7. The van der Waals surface area contributed by atoms with E-state index in [4.69, 9.17) is 4.74 Å². The van der Waals surface area contributed by atoms with Crippen LogP contribution in [-0.2, 0) is 10.2 Å². The Bertz CT molecular complexity index is 336. The fourth-order valence-electron chi connectivity index (χ4n) is 1.34. The van der Waals surface area contributed by atoms with Gasteiger partial charge in [-0.2, -0.15) is 0 Å². The van der Waals surface area contributed by atoms with Crippen LogP contribution in [0, 0.1) is 0 Å². The maximum Gasteiger partial charge on any atom is 0.308 e. The number of benzene rings is 1. The van der Waals surface area contributed by atoms with Crippen LogP contribution in [0.15, 0.2) is 24.3 Å². The fraction of sp³-hybridized carbons (Fsp3) is 0.462. The quantitative estimate of drug-likeness (QED) is 0.560. The van der Waals surface area contributed by atoms with Crippen LogP contribution in [0.4, 0.5) is 0 Å². The first-order valence-corrected chi connectivity index (χ1v) is 5.24. The lowest BCUT2D eigenvalue weighted by Gasteiger charge is -2.23. The number of hydrogen-bond acceptors (Lipinski definition) is 2. The highest BCUT2D eigenvalue weighted by atomic mass is 16.5. The van der Waals surface area contributed by atoms with E-state index >= 15 is 0 Å². The van der Waals surface area contributed by atoms with E-state index in [1.165, 1.54) is 12.5 Å². The van der Waals surface area contributed by atoms with Gasteiger partial charge < -0.3 is 4.74 Å². The second kappa shape index (κ2) is 4.47. The zero-order chi connectivity index (χ0) is 11.5. The SMILES string of the molecule is CCC(C)(C)c1ccc(OC(C)=O)cc1. The van der Waals surface area contributed by atoms with Gasteiger partial charge in [-0.25, -0.2) is 0 Å². The summed E-state index contributed by atoms with van der Waals surface area (Å²) in [5, 5.41) is 0. The first-order chi connectivity index (χ1) is 6.95. The van der Waals surface area contributed by atoms with Crippen LogP contribution in [0.5, 0.6) is 5.75 Å². The van der Waals surface area contributed by atoms with E-state index in [9.17, 15) is 4.79 Å². The molecule has 15 heavy (non-hydrogen) atoms. The molecule has 2 nitrogen and oxygen atoms in total. The first kappa shape index (κ1) is 11.8. The van der Waals surface area contributed by atoms with E-state index in [1.807, 2.05) is 24.3 Å². The number of esters is 1. The molecule has 82 valence electrons. The van der Waals surface area contributed by atoms with Crippen LogP contribution in [0.1, 0.15) is 39.7 Å². The minimum atomic E-state index is -0.280. The van der Waals surface area contributed by atoms with Crippen molar-refractivity contribution in [2.24, 2.45) is 0 Å². The Labute approximate surface area is 91.3 Å². The van der Waals surface area contributed by atoms with E-state index in [0.29, 0.717) is 5.75 Å². The lowest BCUT2D eigenvalue weighted by Crippen LogP contribution is -2.15. The zero-order valence-corrected chi connectivity index (χ0v) is 9.83. The van der Waals surface area contributed by atoms with Crippen molar-refractivity contribution in [3.05, 3.63) is 29.8 Å². The topological polar surface area (TPSA) is 26.3 Å². The molecule has 0 aliphatic rings. The molecule has 0 aliphatic carbocycles. The molecular weight excluding hydrogens is 188 g/mol. The predicted molar refractivity (Wildman–Crippen MR) is 61.1 cm³/mol. The highest BCUT2D eigenvalue weighted by Gasteiger charge is 2.17. The molecule has 1 rings (SSSR count). The van der Waals surface area contributed by atoms with E-state index in [1.54, 1.807) is 0 Å². The molecule has 0 fully saturated rings. The molecule has 0 saturated carbocycles. The van der Waals surface area contributed by atoms with Crippen molar-refractivity contribution in [2.75, 3.05) is 0 Å². The van der Waals surface area contributed by atoms with Crippen LogP contribution in [0.25, 0.3) is 0 Å². The Kier molecular flexibility index (Phi) is 3.51. The third kappa shape index (κ3) is 3.08. The van der Waals surface area contributed by atoms with Crippen molar-refractivity contribution in [3.8, 4) is 5.75 Å². The van der Waals surface area contributed by atoms with Gasteiger partial charge in [0.25, 0.3) is 0 Å². The zero-order valence-electron chi connectivity index (χ0n) is 9.83. The molecular formula is C13H18O2. The highest BCUT2D eigenvalue weighted by Crippen LogP contribution is 2.27. The Hall–Kier alpha value is -1.31. The van der Waals surface area contributed by atoms with E-state index in [2.05, 4.69) is 20.8 Å². The molecule has 0 N–H and O–H groups in total. The minimum absolute atomic E-state index is 0.175. The van der Waals surface area contributed by atoms with Gasteiger partial charge in [-0.15, -0.1) is 0 Å². The molecule has 0 spiro atoms. The standard InChI is InChI=1S/C13H18O2/c1-5-13(3,4)11-6-8-12(9-7-11)15-10(2)14/h6-9H,5H2,1-4H3. The lowest BCUT2D eigenvalue weighted by molar-refractivity contribution is -0.131. The average Bonchev–Trinajstić information content (AvgIpc) is 2.18. The summed E-state index contributed by atoms with van der Waals surface area (Å²) in [7, 11) is 0. The number of carbonyl (C=O) groups excluding carboxylic acids is 1. The first-order valence-electron chi connectivity index (χ1n) is 5.24. The lowest BCUT2D eigenvalue weighted by atomic mass is 9.82. The van der Waals surface area contributed by atoms with Gasteiger partial charge in [0.05, 0.1) is 0 Å². The van der Waals surface area contributed by atoms with Crippen LogP contribution < -0.4 is 4.74 Å². The summed E-state index contributed by atoms with van der Waals surface area (Å²) >= 11 is 0. The summed E-state index contributed by atoms with van der Waals surface area (Å²) in [6, 6.07) is 7.71. The van der Waals surface area contributed by atoms with Crippen LogP contribution in [-0.4, -0.2) is 5.97 Å². The van der Waals surface area contributed by atoms with Crippen LogP contribution in [0.3, 0.4) is 0 Å². The van der Waals surface area contributed by atoms with Gasteiger partial charge in [0.15, 0.2) is 0 Å². The maximum atomic E-state index is 10.7. The summed E-state index contributed by atoms with van der Waals surface area (Å²) in [6.07, 6.45) is 1.08. The van der Waals surface area contributed by atoms with Gasteiger partial charge in [-0.3, -0.25) is 4.79 Å². The van der Waals surface area contributed by atoms with Crippen LogP contribution >= 0.6 is 0 Å². The fourth-order valence-corrected chi connectivity index (χ4v) is 1.34. The largest absolute Gasteiger partial charge is 0.427 e. The van der Waals surface area contributed by atoms with Gasteiger partial charge in [0.2, 0.25) is 0 Å². The Balaban J connectivity index is 2.85. The second-order valence-electron chi connectivity index (χ2n) is 4.36. The summed E-state index contributed by atoms with van der Waals surface area (Å²) in [5.41, 5.74) is 1.44. The third-order valence-electron chi connectivity index (χ3n) is 2.78. The molecule has 0 radical (unpaired) electrons. The van der Waals surface area contributed by atoms with Crippen molar-refractivity contribution in [3.63, 3.8) is 0 Å². The summed E-state index contributed by atoms with van der Waals surface area (Å²) in [6.45, 7) is 7.98. The van der Waals surface area contributed by atoms with E-state index < -0.39 is 0 Å². The number of rotatable bonds is 3. The molecule has 0 bridgehead atoms. The van der Waals surface area contributed by atoms with E-state index in [-0.39, 0.29) is 11.4 Å². The van der Waals surface area contributed by atoms with Gasteiger partial charge in [-0.05, 0) is 29.5 Å². The smallest absolute Gasteiger partial charge is 0.308 e. The Morgan fingerprint density at radius 1 is 1.27 bits per heavy atom. The summed E-state index contributed by atoms with van der Waals surface area (Å²) in [4.78, 5) is 10.7. The molecule has 0 aliphatic heterocycles. The minimum Gasteiger partial charge on any atom is -0.427 e. The van der Waals surface area contributed by atoms with Gasteiger partial charge in [0.1, 0.15) is 5.75 Å². The second-order valence-corrected chi connectivity index (χ2v) is 4.36. The number of carbonyl (C=O) groups is 1. The average molecular weight is 206 g/mol. The van der Waals surface area contributed by atoms with Crippen molar-refractivity contribution in [1.29, 1.82) is 0 Å². The number of hydrogen-bond donors (Lipinski definition) is 0. The molecule has 2 heteroatoms. The van der Waals surface area contributed by atoms with Crippen molar-refractivity contribution >= 4 is 5.97 Å². The normalized spacial score (nSPS) is 11.2. The molecule has 0 unspecified atom stereocenters. The molecule has 0 heterocycles. The molecule has 1 aromatic rings.